The molecule has 0 radical (unpaired) electrons. The molecule has 2 heterocycles. The van der Waals surface area contributed by atoms with Crippen LogP contribution < -0.4 is 11.1 Å². The lowest BCUT2D eigenvalue weighted by Crippen LogP contribution is -2.25. The zero-order chi connectivity index (χ0) is 25.5. The number of fused-ring (bicyclic) bond motifs is 1. The molecule has 1 aliphatic carbocycles. The van der Waals surface area contributed by atoms with Crippen LogP contribution in [0.1, 0.15) is 64.0 Å². The van der Waals surface area contributed by atoms with E-state index in [0.29, 0.717) is 11.3 Å². The van der Waals surface area contributed by atoms with E-state index in [-0.39, 0.29) is 30.1 Å². The number of rotatable bonds is 5. The Morgan fingerprint density at radius 3 is 2.54 bits per heavy atom. The van der Waals surface area contributed by atoms with E-state index in [4.69, 9.17) is 5.26 Å². The van der Waals surface area contributed by atoms with Gasteiger partial charge in [0.15, 0.2) is 5.82 Å². The van der Waals surface area contributed by atoms with Crippen molar-refractivity contribution >= 4 is 28.7 Å². The number of nitrogens with one attached hydrogen (secondary N) is 1. The van der Waals surface area contributed by atoms with Crippen molar-refractivity contribution in [3.63, 3.8) is 0 Å². The Balaban J connectivity index is 0.000000509. The summed E-state index contributed by atoms with van der Waals surface area (Å²) in [5.74, 6) is -0.312. The molecule has 1 fully saturated rings. The summed E-state index contributed by atoms with van der Waals surface area (Å²) in [6.45, 7) is 6.03. The van der Waals surface area contributed by atoms with Gasteiger partial charge in [0.25, 0.3) is 0 Å². The van der Waals surface area contributed by atoms with Crippen molar-refractivity contribution < 1.29 is 14.0 Å². The van der Waals surface area contributed by atoms with Gasteiger partial charge in [-0.25, -0.2) is 14.4 Å². The first-order chi connectivity index (χ1) is 16.7. The van der Waals surface area contributed by atoms with Crippen LogP contribution in [0.5, 0.6) is 0 Å². The van der Waals surface area contributed by atoms with Crippen LogP contribution in [0, 0.1) is 30.0 Å². The number of aryl methyl sites for hydroxylation is 1. The highest BCUT2D eigenvalue weighted by atomic mass is 19.1. The van der Waals surface area contributed by atoms with Gasteiger partial charge >= 0.3 is 0 Å². The van der Waals surface area contributed by atoms with E-state index in [1.807, 2.05) is 37.5 Å². The van der Waals surface area contributed by atoms with Gasteiger partial charge < -0.3 is 15.6 Å². The molecule has 1 aliphatic rings. The Morgan fingerprint density at radius 1 is 1.23 bits per heavy atom. The van der Waals surface area contributed by atoms with Gasteiger partial charge in [-0.3, -0.25) is 9.59 Å². The Morgan fingerprint density at radius 2 is 1.94 bits per heavy atom. The molecule has 0 spiro atoms. The number of carbonyl (C=O) groups excluding carboxylic acids is 2. The standard InChI is InChI=1S/C23H27FN4O.C3H4N2O/c1-14(2)28-13-26-22-19(24)9-17(10-20(22)28)18-11-21(25-12-15(18)3)27-23(29)16-7-5-4-6-8-16;4-2-1-3(5)6/h9-14,16H,4-8H2,1-3H3,(H,25,27,29);1H2,(H2,5,6). The molecule has 0 bridgehead atoms. The summed E-state index contributed by atoms with van der Waals surface area (Å²) in [6, 6.07) is 7.08. The van der Waals surface area contributed by atoms with Gasteiger partial charge in [0, 0.05) is 18.2 Å². The second kappa shape index (κ2) is 11.6. The van der Waals surface area contributed by atoms with Gasteiger partial charge in [0.05, 0.1) is 17.9 Å². The molecule has 2 aromatic heterocycles. The molecule has 8 nitrogen and oxygen atoms in total. The van der Waals surface area contributed by atoms with Gasteiger partial charge in [0.1, 0.15) is 17.8 Å². The third kappa shape index (κ3) is 6.41. The number of anilines is 1. The first-order valence-corrected chi connectivity index (χ1v) is 11.8. The Hall–Kier alpha value is -3.80. The van der Waals surface area contributed by atoms with Gasteiger partial charge in [-0.1, -0.05) is 19.3 Å². The number of hydrogen-bond acceptors (Lipinski definition) is 5. The van der Waals surface area contributed by atoms with Crippen LogP contribution in [0.2, 0.25) is 0 Å². The van der Waals surface area contributed by atoms with E-state index < -0.39 is 5.91 Å². The Labute approximate surface area is 204 Å². The number of amides is 2. The lowest BCUT2D eigenvalue weighted by molar-refractivity contribution is -0.120. The molecule has 1 saturated carbocycles. The van der Waals surface area contributed by atoms with E-state index in [9.17, 15) is 14.0 Å². The molecule has 3 N–H and O–H groups in total. The number of primary amides is 1. The third-order valence-electron chi connectivity index (χ3n) is 6.08. The Kier molecular flexibility index (Phi) is 8.53. The zero-order valence-electron chi connectivity index (χ0n) is 20.3. The number of nitrogens with zero attached hydrogens (tertiary/aromatic N) is 4. The number of nitriles is 1. The molecular formula is C26H31FN6O2. The molecule has 2 amide bonds. The monoisotopic (exact) mass is 478 g/mol. The average molecular weight is 479 g/mol. The number of aromatic nitrogens is 3. The van der Waals surface area contributed by atoms with Crippen molar-refractivity contribution in [2.24, 2.45) is 11.7 Å². The summed E-state index contributed by atoms with van der Waals surface area (Å²) >= 11 is 0. The molecule has 0 unspecified atom stereocenters. The lowest BCUT2D eigenvalue weighted by Gasteiger charge is -2.20. The van der Waals surface area contributed by atoms with Crippen LogP contribution in [0.25, 0.3) is 22.2 Å². The smallest absolute Gasteiger partial charge is 0.231 e. The fourth-order valence-electron chi connectivity index (χ4n) is 4.23. The maximum Gasteiger partial charge on any atom is 0.231 e. The lowest BCUT2D eigenvalue weighted by atomic mass is 9.88. The van der Waals surface area contributed by atoms with Crippen molar-refractivity contribution in [1.29, 1.82) is 5.26 Å². The molecule has 0 saturated heterocycles. The van der Waals surface area contributed by atoms with Crippen molar-refractivity contribution in [1.82, 2.24) is 14.5 Å². The van der Waals surface area contributed by atoms with Gasteiger partial charge in [-0.2, -0.15) is 5.26 Å². The first-order valence-electron chi connectivity index (χ1n) is 11.8. The summed E-state index contributed by atoms with van der Waals surface area (Å²) in [6.07, 6.45) is 8.51. The minimum atomic E-state index is -0.572. The van der Waals surface area contributed by atoms with E-state index in [1.165, 1.54) is 12.5 Å². The van der Waals surface area contributed by atoms with Gasteiger partial charge in [-0.15, -0.1) is 0 Å². The predicted octanol–water partition coefficient (Wildman–Crippen LogP) is 5.03. The highest BCUT2D eigenvalue weighted by Crippen LogP contribution is 2.31. The number of hydrogen-bond donors (Lipinski definition) is 2. The Bertz CT molecular complexity index is 1250. The van der Waals surface area contributed by atoms with Crippen LogP contribution in [-0.2, 0) is 9.59 Å². The number of pyridine rings is 1. The van der Waals surface area contributed by atoms with E-state index in [0.717, 1.165) is 47.9 Å². The van der Waals surface area contributed by atoms with Crippen LogP contribution in [0.15, 0.2) is 30.7 Å². The molecule has 3 aromatic rings. The van der Waals surface area contributed by atoms with Crippen molar-refractivity contribution in [2.45, 2.75) is 65.3 Å². The SMILES string of the molecule is Cc1cnc(NC(=O)C2CCCCC2)cc1-c1cc(F)c2ncn(C(C)C)c2c1.N#CCC(N)=O. The third-order valence-corrected chi connectivity index (χ3v) is 6.08. The average Bonchev–Trinajstić information content (AvgIpc) is 3.26. The minimum Gasteiger partial charge on any atom is -0.369 e. The minimum absolute atomic E-state index is 0.0338. The fraction of sp³-hybridized carbons (Fsp3) is 0.423. The summed E-state index contributed by atoms with van der Waals surface area (Å²) in [4.78, 5) is 30.8. The number of carbonyl (C=O) groups is 2. The van der Waals surface area contributed by atoms with Crippen LogP contribution in [0.4, 0.5) is 10.2 Å². The number of nitrogens with two attached hydrogens (primary N) is 1. The van der Waals surface area contributed by atoms with Crippen LogP contribution >= 0.6 is 0 Å². The molecule has 9 heteroatoms. The van der Waals surface area contributed by atoms with Crippen molar-refractivity contribution in [2.75, 3.05) is 5.32 Å². The van der Waals surface area contributed by atoms with E-state index in [1.54, 1.807) is 18.6 Å². The maximum atomic E-state index is 14.7. The molecule has 184 valence electrons. The van der Waals surface area contributed by atoms with Crippen molar-refractivity contribution in [3.8, 4) is 17.2 Å². The number of imidazole rings is 1. The second-order valence-corrected chi connectivity index (χ2v) is 9.08. The van der Waals surface area contributed by atoms with E-state index >= 15 is 0 Å². The molecular weight excluding hydrogens is 447 g/mol. The largest absolute Gasteiger partial charge is 0.369 e. The highest BCUT2D eigenvalue weighted by Gasteiger charge is 2.22. The van der Waals surface area contributed by atoms with Gasteiger partial charge in [-0.05, 0) is 68.5 Å². The summed E-state index contributed by atoms with van der Waals surface area (Å²) in [5, 5.41) is 10.6. The summed E-state index contributed by atoms with van der Waals surface area (Å²) in [7, 11) is 0. The maximum absolute atomic E-state index is 14.7. The fourth-order valence-corrected chi connectivity index (χ4v) is 4.23. The quantitative estimate of drug-likeness (QED) is 0.532. The van der Waals surface area contributed by atoms with Crippen LogP contribution in [-0.4, -0.2) is 26.3 Å². The number of halogens is 1. The highest BCUT2D eigenvalue weighted by molar-refractivity contribution is 5.92. The van der Waals surface area contributed by atoms with E-state index in [2.05, 4.69) is 21.0 Å². The zero-order valence-corrected chi connectivity index (χ0v) is 20.3. The predicted molar refractivity (Wildman–Crippen MR) is 133 cm³/mol. The molecule has 4 rings (SSSR count). The molecule has 1 aromatic carbocycles. The topological polar surface area (TPSA) is 127 Å². The second-order valence-electron chi connectivity index (χ2n) is 9.08. The molecule has 0 atom stereocenters. The molecule has 0 aliphatic heterocycles. The molecule has 35 heavy (non-hydrogen) atoms. The van der Waals surface area contributed by atoms with Crippen molar-refractivity contribution in [3.05, 3.63) is 42.1 Å². The normalized spacial score (nSPS) is 13.7. The number of benzene rings is 1. The summed E-state index contributed by atoms with van der Waals surface area (Å²) < 4.78 is 16.7. The van der Waals surface area contributed by atoms with Crippen LogP contribution in [0.3, 0.4) is 0 Å². The van der Waals surface area contributed by atoms with Gasteiger partial charge in [0.2, 0.25) is 11.8 Å². The first kappa shape index (κ1) is 25.8. The summed E-state index contributed by atoms with van der Waals surface area (Å²) in [5.41, 5.74) is 8.22.